The normalized spacial score (nSPS) is 10.3. The first-order valence-corrected chi connectivity index (χ1v) is 13.7. The summed E-state index contributed by atoms with van der Waals surface area (Å²) in [6.07, 6.45) is 7.31. The van der Waals surface area contributed by atoms with Crippen molar-refractivity contribution in [1.82, 2.24) is 20.3 Å². The van der Waals surface area contributed by atoms with Crippen LogP contribution in [0.3, 0.4) is 0 Å². The first-order chi connectivity index (χ1) is 20.9. The number of aromatic nitrogens is 3. The summed E-state index contributed by atoms with van der Waals surface area (Å²) in [6, 6.07) is 23.3. The minimum atomic E-state index is -0.453. The first-order valence-electron chi connectivity index (χ1n) is 13.7. The van der Waals surface area contributed by atoms with Crippen LogP contribution in [0.15, 0.2) is 97.6 Å². The molecule has 43 heavy (non-hydrogen) atoms. The van der Waals surface area contributed by atoms with E-state index in [1.165, 1.54) is 47.1 Å². The van der Waals surface area contributed by atoms with E-state index in [2.05, 4.69) is 45.4 Å². The quantitative estimate of drug-likeness (QED) is 0.129. The van der Waals surface area contributed by atoms with Crippen LogP contribution in [0.25, 0.3) is 10.9 Å². The third kappa shape index (κ3) is 8.04. The van der Waals surface area contributed by atoms with Crippen molar-refractivity contribution in [1.29, 1.82) is 10.8 Å². The summed E-state index contributed by atoms with van der Waals surface area (Å²) < 4.78 is 10.8. The number of H-pyrrole nitrogens is 1. The zero-order valence-electron chi connectivity index (χ0n) is 24.4. The lowest BCUT2D eigenvalue weighted by molar-refractivity contribution is 0.0953. The van der Waals surface area contributed by atoms with Gasteiger partial charge in [-0.05, 0) is 42.7 Å². The van der Waals surface area contributed by atoms with Gasteiger partial charge in [-0.3, -0.25) is 25.5 Å². The number of carbonyl (C=O) groups excluding carboxylic acids is 1. The Bertz CT molecular complexity index is 1670. The molecule has 0 fully saturated rings. The molecule has 5 aromatic rings. The molecular formula is C33H35N7O3. The van der Waals surface area contributed by atoms with Gasteiger partial charge in [0.15, 0.2) is 0 Å². The monoisotopic (exact) mass is 577 g/mol. The van der Waals surface area contributed by atoms with Crippen molar-refractivity contribution in [3.8, 4) is 11.5 Å². The molecule has 0 aliphatic rings. The van der Waals surface area contributed by atoms with Crippen LogP contribution in [0.1, 0.15) is 28.0 Å². The highest BCUT2D eigenvalue weighted by atomic mass is 16.5. The molecule has 10 nitrogen and oxygen atoms in total. The summed E-state index contributed by atoms with van der Waals surface area (Å²) in [5.41, 5.74) is 4.29. The second-order valence-corrected chi connectivity index (χ2v) is 9.54. The van der Waals surface area contributed by atoms with Crippen LogP contribution in [0.4, 0.5) is 5.69 Å². The molecule has 0 atom stereocenters. The second kappa shape index (κ2) is 14.9. The smallest absolute Gasteiger partial charge is 0.271 e. The summed E-state index contributed by atoms with van der Waals surface area (Å²) in [4.78, 5) is 24.9. The molecule has 0 spiro atoms. The maximum absolute atomic E-state index is 12.4. The number of rotatable bonds is 9. The minimum Gasteiger partial charge on any atom is -0.497 e. The van der Waals surface area contributed by atoms with E-state index >= 15 is 0 Å². The van der Waals surface area contributed by atoms with Gasteiger partial charge in [-0.15, -0.1) is 0 Å². The van der Waals surface area contributed by atoms with Gasteiger partial charge >= 0.3 is 0 Å². The van der Waals surface area contributed by atoms with Gasteiger partial charge in [0.1, 0.15) is 28.9 Å². The van der Waals surface area contributed by atoms with Gasteiger partial charge in [0.25, 0.3) is 5.91 Å². The third-order valence-corrected chi connectivity index (χ3v) is 6.67. The molecule has 0 saturated heterocycles. The van der Waals surface area contributed by atoms with Gasteiger partial charge < -0.3 is 19.8 Å². The van der Waals surface area contributed by atoms with Crippen LogP contribution in [0.5, 0.6) is 11.5 Å². The van der Waals surface area contributed by atoms with E-state index in [0.717, 1.165) is 5.56 Å². The van der Waals surface area contributed by atoms with Crippen molar-refractivity contribution in [3.63, 3.8) is 0 Å². The summed E-state index contributed by atoms with van der Waals surface area (Å²) >= 11 is 0. The number of ether oxygens (including phenoxy) is 2. The molecule has 220 valence electrons. The van der Waals surface area contributed by atoms with E-state index in [9.17, 15) is 4.79 Å². The van der Waals surface area contributed by atoms with Crippen LogP contribution in [-0.4, -0.2) is 53.3 Å². The fourth-order valence-corrected chi connectivity index (χ4v) is 4.41. The fourth-order valence-electron chi connectivity index (χ4n) is 4.41. The number of hydrogen-bond donors (Lipinski definition) is 4. The maximum Gasteiger partial charge on any atom is 0.271 e. The largest absolute Gasteiger partial charge is 0.497 e. The number of hydrogen-bond acceptors (Lipinski definition) is 7. The molecular weight excluding hydrogens is 542 g/mol. The van der Waals surface area contributed by atoms with Crippen LogP contribution >= 0.6 is 0 Å². The van der Waals surface area contributed by atoms with Crippen molar-refractivity contribution in [2.24, 2.45) is 0 Å². The van der Waals surface area contributed by atoms with Crippen LogP contribution in [0.2, 0.25) is 0 Å². The molecule has 0 aliphatic carbocycles. The van der Waals surface area contributed by atoms with E-state index < -0.39 is 5.91 Å². The number of amides is 1. The van der Waals surface area contributed by atoms with E-state index in [4.69, 9.17) is 20.3 Å². The number of nitrogens with zero attached hydrogens (tertiary/aromatic N) is 3. The topological polar surface area (TPSA) is 140 Å². The predicted octanol–water partition coefficient (Wildman–Crippen LogP) is 5.79. The number of para-hydroxylation sites is 1. The van der Waals surface area contributed by atoms with Gasteiger partial charge in [0, 0.05) is 42.0 Å². The SMILES string of the molecule is COc1ccc(N(C(=N)CCc2ccccc2)C(=N)CNC(=O)c2cnccn2)c(OC)c1.Cc1c[nH]c2ccccc12. The predicted molar refractivity (Wildman–Crippen MR) is 170 cm³/mol. The van der Waals surface area contributed by atoms with Gasteiger partial charge in [-0.1, -0.05) is 48.5 Å². The van der Waals surface area contributed by atoms with E-state index in [1.807, 2.05) is 42.6 Å². The van der Waals surface area contributed by atoms with Gasteiger partial charge in [-0.2, -0.15) is 0 Å². The molecule has 10 heteroatoms. The zero-order valence-corrected chi connectivity index (χ0v) is 24.4. The summed E-state index contributed by atoms with van der Waals surface area (Å²) in [5, 5.41) is 21.4. The lowest BCUT2D eigenvalue weighted by atomic mass is 10.1. The third-order valence-electron chi connectivity index (χ3n) is 6.67. The Labute approximate surface area is 250 Å². The number of benzene rings is 3. The lowest BCUT2D eigenvalue weighted by Crippen LogP contribution is -2.43. The molecule has 2 aromatic heterocycles. The van der Waals surface area contributed by atoms with E-state index in [0.29, 0.717) is 30.0 Å². The molecule has 0 aliphatic heterocycles. The molecule has 5 rings (SSSR count). The van der Waals surface area contributed by atoms with Crippen LogP contribution in [0, 0.1) is 17.7 Å². The highest BCUT2D eigenvalue weighted by molar-refractivity contribution is 6.19. The zero-order chi connectivity index (χ0) is 30.6. The van der Waals surface area contributed by atoms with Crippen molar-refractivity contribution in [2.75, 3.05) is 25.7 Å². The van der Waals surface area contributed by atoms with E-state index in [-0.39, 0.29) is 23.9 Å². The van der Waals surface area contributed by atoms with Gasteiger partial charge in [0.05, 0.1) is 32.6 Å². The molecule has 0 bridgehead atoms. The number of nitrogens with one attached hydrogen (secondary N) is 4. The fraction of sp³-hybridized carbons (Fsp3) is 0.182. The molecule has 0 radical (unpaired) electrons. The average molecular weight is 578 g/mol. The number of aromatic amines is 1. The van der Waals surface area contributed by atoms with Gasteiger partial charge in [0.2, 0.25) is 0 Å². The van der Waals surface area contributed by atoms with Gasteiger partial charge in [-0.25, -0.2) is 4.98 Å². The number of anilines is 1. The Balaban J connectivity index is 0.000000353. The highest BCUT2D eigenvalue weighted by Crippen LogP contribution is 2.33. The summed E-state index contributed by atoms with van der Waals surface area (Å²) in [7, 11) is 3.07. The number of carbonyl (C=O) groups is 1. The maximum atomic E-state index is 12.4. The molecule has 1 amide bonds. The summed E-state index contributed by atoms with van der Waals surface area (Å²) in [5.74, 6) is 0.790. The first kappa shape index (κ1) is 30.4. The molecule has 0 saturated carbocycles. The lowest BCUT2D eigenvalue weighted by Gasteiger charge is -2.27. The number of amidine groups is 2. The summed E-state index contributed by atoms with van der Waals surface area (Å²) in [6.45, 7) is 2.00. The van der Waals surface area contributed by atoms with Crippen molar-refractivity contribution < 1.29 is 14.3 Å². The van der Waals surface area contributed by atoms with Crippen LogP contribution in [-0.2, 0) is 6.42 Å². The Hall–Kier alpha value is -5.51. The second-order valence-electron chi connectivity index (χ2n) is 9.54. The van der Waals surface area contributed by atoms with E-state index in [1.54, 1.807) is 25.3 Å². The number of methoxy groups -OCH3 is 2. The van der Waals surface area contributed by atoms with Crippen molar-refractivity contribution >= 4 is 34.2 Å². The number of fused-ring (bicyclic) bond motifs is 1. The average Bonchev–Trinajstić information content (AvgIpc) is 3.44. The molecule has 0 unspecified atom stereocenters. The Morgan fingerprint density at radius 2 is 1.72 bits per heavy atom. The molecule has 3 aromatic carbocycles. The Morgan fingerprint density at radius 1 is 0.953 bits per heavy atom. The van der Waals surface area contributed by atoms with Crippen molar-refractivity contribution in [2.45, 2.75) is 19.8 Å². The van der Waals surface area contributed by atoms with Crippen LogP contribution < -0.4 is 19.7 Å². The minimum absolute atomic E-state index is 0.00812. The standard InChI is InChI=1S/C24H26N6O3.C9H9N/c1-32-18-9-10-20(21(14-18)33-2)30(22(25)11-8-17-6-4-3-5-7-17)23(26)16-29-24(31)19-15-27-12-13-28-19;1-7-6-10-9-5-3-2-4-8(7)9/h3-7,9-10,12-15,25-26H,8,11,16H2,1-2H3,(H,29,31);2-6,10H,1H3. The molecule has 2 heterocycles. The molecule has 4 N–H and O–H groups in total. The highest BCUT2D eigenvalue weighted by Gasteiger charge is 2.22. The Kier molecular flexibility index (Phi) is 10.6. The van der Waals surface area contributed by atoms with Crippen molar-refractivity contribution in [3.05, 3.63) is 114 Å². The Morgan fingerprint density at radius 3 is 2.42 bits per heavy atom. The number of aryl methyl sites for hydroxylation is 2.